The summed E-state index contributed by atoms with van der Waals surface area (Å²) in [5, 5.41) is 3.65. The van der Waals surface area contributed by atoms with Gasteiger partial charge in [0.2, 0.25) is 0 Å². The van der Waals surface area contributed by atoms with Crippen LogP contribution in [0, 0.1) is 18.2 Å². The van der Waals surface area contributed by atoms with Gasteiger partial charge in [-0.15, -0.1) is 0 Å². The first-order valence-electron chi connectivity index (χ1n) is 6.97. The number of hydrogen-bond acceptors (Lipinski definition) is 2. The maximum atomic E-state index is 13.6. The standard InChI is InChI=1S/C16H24FNS/c1-11-5-6-13(7-15(11)17)12(2)18-14-8-16(3,4)10-19-9-14/h5-7,12,14,18H,8-10H2,1-4H3. The lowest BCUT2D eigenvalue weighted by molar-refractivity contribution is 0.305. The number of hydrogen-bond donors (Lipinski definition) is 1. The van der Waals surface area contributed by atoms with Gasteiger partial charge in [-0.2, -0.15) is 11.8 Å². The van der Waals surface area contributed by atoms with Gasteiger partial charge in [0.25, 0.3) is 0 Å². The topological polar surface area (TPSA) is 12.0 Å². The summed E-state index contributed by atoms with van der Waals surface area (Å²) in [5.74, 6) is 2.28. The average Bonchev–Trinajstić information content (AvgIpc) is 2.31. The van der Waals surface area contributed by atoms with Gasteiger partial charge in [-0.25, -0.2) is 4.39 Å². The molecule has 1 saturated heterocycles. The zero-order chi connectivity index (χ0) is 14.0. The summed E-state index contributed by atoms with van der Waals surface area (Å²) in [6, 6.07) is 6.27. The van der Waals surface area contributed by atoms with Crippen LogP contribution in [0.5, 0.6) is 0 Å². The second-order valence-electron chi connectivity index (χ2n) is 6.48. The summed E-state index contributed by atoms with van der Waals surface area (Å²) in [6.45, 7) is 8.57. The van der Waals surface area contributed by atoms with Gasteiger partial charge >= 0.3 is 0 Å². The smallest absolute Gasteiger partial charge is 0.126 e. The average molecular weight is 281 g/mol. The fraction of sp³-hybridized carbons (Fsp3) is 0.625. The van der Waals surface area contributed by atoms with Crippen LogP contribution in [0.15, 0.2) is 18.2 Å². The molecule has 0 aliphatic carbocycles. The zero-order valence-electron chi connectivity index (χ0n) is 12.3. The highest BCUT2D eigenvalue weighted by Gasteiger charge is 2.29. The minimum absolute atomic E-state index is 0.107. The van der Waals surface area contributed by atoms with Crippen molar-refractivity contribution in [1.82, 2.24) is 5.32 Å². The lowest BCUT2D eigenvalue weighted by atomic mass is 9.87. The van der Waals surface area contributed by atoms with Crippen LogP contribution in [0.2, 0.25) is 0 Å². The maximum Gasteiger partial charge on any atom is 0.126 e. The Labute approximate surface area is 120 Å². The van der Waals surface area contributed by atoms with E-state index in [0.29, 0.717) is 17.0 Å². The first-order chi connectivity index (χ1) is 8.87. The van der Waals surface area contributed by atoms with Crippen molar-refractivity contribution in [3.8, 4) is 0 Å². The number of rotatable bonds is 3. The van der Waals surface area contributed by atoms with Crippen molar-refractivity contribution >= 4 is 11.8 Å². The molecule has 3 heteroatoms. The molecule has 1 aliphatic rings. The van der Waals surface area contributed by atoms with Crippen LogP contribution >= 0.6 is 11.8 Å². The SMILES string of the molecule is Cc1ccc(C(C)NC2CSCC(C)(C)C2)cc1F. The molecule has 106 valence electrons. The van der Waals surface area contributed by atoms with E-state index in [0.717, 1.165) is 11.3 Å². The van der Waals surface area contributed by atoms with Crippen molar-refractivity contribution in [3.63, 3.8) is 0 Å². The van der Waals surface area contributed by atoms with E-state index in [2.05, 4.69) is 26.1 Å². The van der Waals surface area contributed by atoms with Gasteiger partial charge in [-0.05, 0) is 48.6 Å². The molecule has 2 rings (SSSR count). The molecular formula is C16H24FNS. The van der Waals surface area contributed by atoms with Crippen LogP contribution in [0.3, 0.4) is 0 Å². The number of nitrogens with one attached hydrogen (secondary N) is 1. The summed E-state index contributed by atoms with van der Waals surface area (Å²) in [7, 11) is 0. The van der Waals surface area contributed by atoms with E-state index in [1.165, 1.54) is 12.2 Å². The Morgan fingerprint density at radius 3 is 2.79 bits per heavy atom. The van der Waals surface area contributed by atoms with E-state index in [1.807, 2.05) is 23.9 Å². The molecule has 1 fully saturated rings. The van der Waals surface area contributed by atoms with Gasteiger partial charge < -0.3 is 5.32 Å². The number of aryl methyl sites for hydroxylation is 1. The second-order valence-corrected chi connectivity index (χ2v) is 7.51. The van der Waals surface area contributed by atoms with Crippen molar-refractivity contribution in [2.24, 2.45) is 5.41 Å². The Kier molecular flexibility index (Phi) is 4.57. The third-order valence-electron chi connectivity index (χ3n) is 3.79. The first-order valence-corrected chi connectivity index (χ1v) is 8.13. The van der Waals surface area contributed by atoms with Crippen LogP contribution in [-0.4, -0.2) is 17.5 Å². The molecule has 1 N–H and O–H groups in total. The van der Waals surface area contributed by atoms with E-state index in [-0.39, 0.29) is 11.9 Å². The van der Waals surface area contributed by atoms with Crippen molar-refractivity contribution in [2.45, 2.75) is 46.2 Å². The minimum Gasteiger partial charge on any atom is -0.307 e. The minimum atomic E-state index is -0.107. The molecule has 0 amide bonds. The highest BCUT2D eigenvalue weighted by atomic mass is 32.2. The molecule has 1 aliphatic heterocycles. The van der Waals surface area contributed by atoms with Crippen molar-refractivity contribution in [2.75, 3.05) is 11.5 Å². The highest BCUT2D eigenvalue weighted by Crippen LogP contribution is 2.34. The molecule has 19 heavy (non-hydrogen) atoms. The van der Waals surface area contributed by atoms with Crippen LogP contribution in [0.4, 0.5) is 4.39 Å². The number of benzene rings is 1. The van der Waals surface area contributed by atoms with Crippen LogP contribution in [0.25, 0.3) is 0 Å². The predicted octanol–water partition coefficient (Wildman–Crippen LogP) is 4.32. The lowest BCUT2D eigenvalue weighted by Crippen LogP contribution is -2.41. The Bertz CT molecular complexity index is 444. The molecule has 2 unspecified atom stereocenters. The molecule has 0 saturated carbocycles. The van der Waals surface area contributed by atoms with Crippen molar-refractivity contribution in [1.29, 1.82) is 0 Å². The van der Waals surface area contributed by atoms with Crippen LogP contribution < -0.4 is 5.32 Å². The Morgan fingerprint density at radius 2 is 2.16 bits per heavy atom. The molecule has 1 heterocycles. The third kappa shape index (κ3) is 3.96. The monoisotopic (exact) mass is 281 g/mol. The van der Waals surface area contributed by atoms with Crippen LogP contribution in [-0.2, 0) is 0 Å². The summed E-state index contributed by atoms with van der Waals surface area (Å²) in [5.41, 5.74) is 2.15. The molecule has 1 aromatic carbocycles. The zero-order valence-corrected chi connectivity index (χ0v) is 13.1. The molecule has 0 aromatic heterocycles. The van der Waals surface area contributed by atoms with E-state index < -0.39 is 0 Å². The number of halogens is 1. The third-order valence-corrected chi connectivity index (χ3v) is 5.42. The molecular weight excluding hydrogens is 257 g/mol. The molecule has 0 bridgehead atoms. The molecule has 2 atom stereocenters. The summed E-state index contributed by atoms with van der Waals surface area (Å²) in [4.78, 5) is 0. The van der Waals surface area contributed by atoms with Gasteiger partial charge in [0.1, 0.15) is 5.82 Å². The van der Waals surface area contributed by atoms with Gasteiger partial charge in [0, 0.05) is 17.8 Å². The number of thioether (sulfide) groups is 1. The Hall–Kier alpha value is -0.540. The van der Waals surface area contributed by atoms with E-state index in [4.69, 9.17) is 0 Å². The first kappa shape index (κ1) is 14.9. The quantitative estimate of drug-likeness (QED) is 0.885. The lowest BCUT2D eigenvalue weighted by Gasteiger charge is -2.36. The summed E-state index contributed by atoms with van der Waals surface area (Å²) >= 11 is 2.02. The maximum absolute atomic E-state index is 13.6. The Morgan fingerprint density at radius 1 is 1.42 bits per heavy atom. The molecule has 1 aromatic rings. The molecule has 1 nitrogen and oxygen atoms in total. The largest absolute Gasteiger partial charge is 0.307 e. The van der Waals surface area contributed by atoms with Gasteiger partial charge in [0.05, 0.1) is 0 Å². The highest BCUT2D eigenvalue weighted by molar-refractivity contribution is 7.99. The van der Waals surface area contributed by atoms with E-state index >= 15 is 0 Å². The fourth-order valence-electron chi connectivity index (χ4n) is 2.70. The second kappa shape index (κ2) is 5.84. The van der Waals surface area contributed by atoms with Crippen LogP contribution in [0.1, 0.15) is 44.4 Å². The normalized spacial score (nSPS) is 24.2. The van der Waals surface area contributed by atoms with Crippen molar-refractivity contribution in [3.05, 3.63) is 35.1 Å². The Balaban J connectivity index is 2.00. The predicted molar refractivity (Wildman–Crippen MR) is 82.2 cm³/mol. The summed E-state index contributed by atoms with van der Waals surface area (Å²) < 4.78 is 13.6. The van der Waals surface area contributed by atoms with E-state index in [1.54, 1.807) is 13.0 Å². The van der Waals surface area contributed by atoms with Crippen molar-refractivity contribution < 1.29 is 4.39 Å². The summed E-state index contributed by atoms with van der Waals surface area (Å²) in [6.07, 6.45) is 1.19. The van der Waals surface area contributed by atoms with Gasteiger partial charge in [-0.3, -0.25) is 0 Å². The fourth-order valence-corrected chi connectivity index (χ4v) is 3.98. The molecule has 0 radical (unpaired) electrons. The van der Waals surface area contributed by atoms with Gasteiger partial charge in [0.15, 0.2) is 0 Å². The van der Waals surface area contributed by atoms with E-state index in [9.17, 15) is 4.39 Å². The molecule has 0 spiro atoms. The van der Waals surface area contributed by atoms with Gasteiger partial charge in [-0.1, -0.05) is 26.0 Å².